The molecule has 0 amide bonds. The topological polar surface area (TPSA) is 65.1 Å². The Balaban J connectivity index is 1.63. The highest BCUT2D eigenvalue weighted by Crippen LogP contribution is 2.31. The molecule has 6 nitrogen and oxygen atoms in total. The van der Waals surface area contributed by atoms with E-state index in [9.17, 15) is 4.79 Å². The minimum absolute atomic E-state index is 0.109. The fourth-order valence-corrected chi connectivity index (χ4v) is 4.94. The van der Waals surface area contributed by atoms with Crippen molar-refractivity contribution in [2.24, 2.45) is 0 Å². The summed E-state index contributed by atoms with van der Waals surface area (Å²) in [6, 6.07) is 15.4. The third-order valence-corrected chi connectivity index (χ3v) is 6.72. The summed E-state index contributed by atoms with van der Waals surface area (Å²) < 4.78 is 3.49. The molecule has 8 heteroatoms. The van der Waals surface area contributed by atoms with Gasteiger partial charge in [-0.05, 0) is 30.7 Å². The van der Waals surface area contributed by atoms with Crippen LogP contribution in [0.4, 0.5) is 0 Å². The van der Waals surface area contributed by atoms with Gasteiger partial charge in [0.25, 0.3) is 5.56 Å². The number of hydrogen-bond donors (Lipinski definition) is 0. The average Bonchev–Trinajstić information content (AvgIpc) is 3.22. The summed E-state index contributed by atoms with van der Waals surface area (Å²) >= 11 is 8.13. The van der Waals surface area contributed by atoms with Crippen LogP contribution < -0.4 is 5.56 Å². The Morgan fingerprint density at radius 2 is 1.84 bits per heavy atom. The molecule has 0 fully saturated rings. The molecule has 0 bridgehead atoms. The van der Waals surface area contributed by atoms with E-state index in [-0.39, 0.29) is 5.56 Å². The minimum Gasteiger partial charge on any atom is -0.272 e. The molecule has 154 valence electrons. The van der Waals surface area contributed by atoms with Gasteiger partial charge in [-0.1, -0.05) is 59.8 Å². The molecule has 0 aliphatic rings. The number of para-hydroxylation sites is 2. The summed E-state index contributed by atoms with van der Waals surface area (Å²) in [4.78, 5) is 17.7. The third-order valence-electron chi connectivity index (χ3n) is 5.27. The zero-order chi connectivity index (χ0) is 21.5. The van der Waals surface area contributed by atoms with Crippen LogP contribution in [0.1, 0.15) is 11.3 Å². The Morgan fingerprint density at radius 1 is 1.10 bits per heavy atom. The van der Waals surface area contributed by atoms with E-state index in [4.69, 9.17) is 16.6 Å². The predicted octanol–water partition coefficient (Wildman–Crippen LogP) is 5.03. The summed E-state index contributed by atoms with van der Waals surface area (Å²) in [7, 11) is 0. The number of hydrogen-bond acceptors (Lipinski definition) is 5. The van der Waals surface area contributed by atoms with Gasteiger partial charge < -0.3 is 0 Å². The first-order valence-electron chi connectivity index (χ1n) is 9.74. The number of aromatic nitrogens is 5. The fourth-order valence-electron chi connectivity index (χ4n) is 3.77. The van der Waals surface area contributed by atoms with Gasteiger partial charge in [-0.15, -0.1) is 16.8 Å². The van der Waals surface area contributed by atoms with Crippen LogP contribution in [0.15, 0.2) is 71.1 Å². The molecule has 2 aromatic carbocycles. The molecule has 0 atom stereocenters. The van der Waals surface area contributed by atoms with Crippen molar-refractivity contribution in [2.45, 2.75) is 24.4 Å². The van der Waals surface area contributed by atoms with Crippen LogP contribution in [0.3, 0.4) is 0 Å². The number of nitrogens with zero attached hydrogens (tertiary/aromatic N) is 5. The van der Waals surface area contributed by atoms with Crippen molar-refractivity contribution < 1.29 is 0 Å². The maximum Gasteiger partial charge on any atom is 0.263 e. The molecule has 3 heterocycles. The average molecular weight is 448 g/mol. The second-order valence-electron chi connectivity index (χ2n) is 7.14. The van der Waals surface area contributed by atoms with Gasteiger partial charge >= 0.3 is 0 Å². The van der Waals surface area contributed by atoms with Crippen LogP contribution in [0.5, 0.6) is 0 Å². The summed E-state index contributed by atoms with van der Waals surface area (Å²) in [6.45, 7) is 6.13. The van der Waals surface area contributed by atoms with Crippen molar-refractivity contribution >= 4 is 50.9 Å². The Bertz CT molecular complexity index is 1540. The van der Waals surface area contributed by atoms with Gasteiger partial charge in [0.1, 0.15) is 0 Å². The van der Waals surface area contributed by atoms with E-state index in [1.54, 1.807) is 10.6 Å². The van der Waals surface area contributed by atoms with Crippen LogP contribution in [0, 0.1) is 6.92 Å². The fraction of sp³-hybridized carbons (Fsp3) is 0.130. The zero-order valence-electron chi connectivity index (χ0n) is 16.7. The molecular formula is C23H18ClN5OS. The lowest BCUT2D eigenvalue weighted by molar-refractivity contribution is 0.783. The Hall–Kier alpha value is -3.16. The van der Waals surface area contributed by atoms with Gasteiger partial charge in [0, 0.05) is 17.7 Å². The van der Waals surface area contributed by atoms with Crippen molar-refractivity contribution in [3.63, 3.8) is 0 Å². The molecule has 0 radical (unpaired) electrons. The monoisotopic (exact) mass is 447 g/mol. The first-order chi connectivity index (χ1) is 15.1. The highest BCUT2D eigenvalue weighted by atomic mass is 35.5. The maximum atomic E-state index is 12.9. The van der Waals surface area contributed by atoms with Crippen molar-refractivity contribution in [1.29, 1.82) is 0 Å². The minimum atomic E-state index is -0.109. The summed E-state index contributed by atoms with van der Waals surface area (Å²) in [5.74, 6) is 1.01. The van der Waals surface area contributed by atoms with E-state index < -0.39 is 0 Å². The van der Waals surface area contributed by atoms with E-state index in [0.29, 0.717) is 33.6 Å². The number of fused-ring (bicyclic) bond motifs is 4. The van der Waals surface area contributed by atoms with E-state index in [1.165, 1.54) is 11.8 Å². The van der Waals surface area contributed by atoms with E-state index in [1.807, 2.05) is 59.9 Å². The Morgan fingerprint density at radius 3 is 2.65 bits per heavy atom. The molecule has 0 unspecified atom stereocenters. The van der Waals surface area contributed by atoms with Crippen LogP contribution in [0.25, 0.3) is 27.6 Å². The molecule has 0 saturated heterocycles. The number of pyridine rings is 1. The van der Waals surface area contributed by atoms with Crippen LogP contribution in [-0.2, 0) is 12.3 Å². The molecule has 0 aliphatic carbocycles. The molecule has 0 saturated carbocycles. The zero-order valence-corrected chi connectivity index (χ0v) is 18.3. The van der Waals surface area contributed by atoms with Crippen molar-refractivity contribution in [1.82, 2.24) is 24.1 Å². The van der Waals surface area contributed by atoms with Crippen LogP contribution >= 0.6 is 23.4 Å². The number of aryl methyl sites for hydroxylation is 1. The smallest absolute Gasteiger partial charge is 0.263 e. The Kier molecular flexibility index (Phi) is 5.00. The summed E-state index contributed by atoms with van der Waals surface area (Å²) in [5.41, 5.74) is 3.38. The summed E-state index contributed by atoms with van der Waals surface area (Å²) in [5, 5.41) is 11.7. The lowest BCUT2D eigenvalue weighted by Crippen LogP contribution is -2.22. The Labute approximate surface area is 187 Å². The predicted molar refractivity (Wildman–Crippen MR) is 126 cm³/mol. The molecule has 0 aliphatic heterocycles. The van der Waals surface area contributed by atoms with Gasteiger partial charge in [0.05, 0.1) is 27.1 Å². The maximum absolute atomic E-state index is 12.9. The quantitative estimate of drug-likeness (QED) is 0.279. The van der Waals surface area contributed by atoms with Gasteiger partial charge in [-0.2, -0.15) is 0 Å². The third kappa shape index (κ3) is 3.21. The van der Waals surface area contributed by atoms with Gasteiger partial charge in [-0.3, -0.25) is 18.7 Å². The van der Waals surface area contributed by atoms with Gasteiger partial charge in [-0.25, -0.2) is 0 Å². The largest absolute Gasteiger partial charge is 0.272 e. The second kappa shape index (κ2) is 7.83. The number of thioether (sulfide) groups is 1. The van der Waals surface area contributed by atoms with E-state index in [2.05, 4.69) is 16.8 Å². The highest BCUT2D eigenvalue weighted by molar-refractivity contribution is 7.98. The standard InChI is InChI=1S/C23H18ClN5OS/c1-3-12-28-21(30)16-9-5-7-11-19(16)29-22(28)26-27-23(29)31-13-18-20(24)14(2)15-8-4-6-10-17(15)25-18/h3-11H,1,12-13H2,2H3. The van der Waals surface area contributed by atoms with Gasteiger partial charge in [0.15, 0.2) is 5.16 Å². The number of halogens is 1. The molecule has 5 aromatic rings. The molecular weight excluding hydrogens is 430 g/mol. The lowest BCUT2D eigenvalue weighted by Gasteiger charge is -2.11. The number of benzene rings is 2. The number of rotatable bonds is 5. The van der Waals surface area contributed by atoms with Crippen molar-refractivity contribution in [3.8, 4) is 0 Å². The SMILES string of the molecule is C=CCn1c(=O)c2ccccc2n2c(SCc3nc4ccccc4c(C)c3Cl)nnc12. The second-order valence-corrected chi connectivity index (χ2v) is 8.46. The molecule has 31 heavy (non-hydrogen) atoms. The molecule has 3 aromatic heterocycles. The van der Waals surface area contributed by atoms with E-state index >= 15 is 0 Å². The highest BCUT2D eigenvalue weighted by Gasteiger charge is 2.17. The van der Waals surface area contributed by atoms with Gasteiger partial charge in [0.2, 0.25) is 5.78 Å². The van der Waals surface area contributed by atoms with Crippen molar-refractivity contribution in [3.05, 3.63) is 87.8 Å². The normalized spacial score (nSPS) is 11.5. The van der Waals surface area contributed by atoms with E-state index in [0.717, 1.165) is 27.7 Å². The lowest BCUT2D eigenvalue weighted by atomic mass is 10.1. The van der Waals surface area contributed by atoms with Crippen LogP contribution in [0.2, 0.25) is 5.02 Å². The molecule has 0 N–H and O–H groups in total. The molecule has 0 spiro atoms. The first kappa shape index (κ1) is 19.8. The number of allylic oxidation sites excluding steroid dienone is 1. The van der Waals surface area contributed by atoms with Crippen molar-refractivity contribution in [2.75, 3.05) is 0 Å². The van der Waals surface area contributed by atoms with Crippen LogP contribution in [-0.4, -0.2) is 24.1 Å². The summed E-state index contributed by atoms with van der Waals surface area (Å²) in [6.07, 6.45) is 1.68. The molecule has 5 rings (SSSR count). The first-order valence-corrected chi connectivity index (χ1v) is 11.1.